The van der Waals surface area contributed by atoms with Crippen molar-refractivity contribution in [2.75, 3.05) is 0 Å². The van der Waals surface area contributed by atoms with E-state index >= 15 is 0 Å². The molecule has 7 nitrogen and oxygen atoms in total. The Morgan fingerprint density at radius 3 is 2.74 bits per heavy atom. The topological polar surface area (TPSA) is 97.0 Å². The number of hydrogen-bond donors (Lipinski definition) is 1. The van der Waals surface area contributed by atoms with Gasteiger partial charge < -0.3 is 19.2 Å². The monoisotopic (exact) mass is 419 g/mol. The predicted molar refractivity (Wildman–Crippen MR) is 114 cm³/mol. The van der Waals surface area contributed by atoms with Crippen LogP contribution in [-0.2, 0) is 20.9 Å². The predicted octanol–water partition coefficient (Wildman–Crippen LogP) is 3.81. The highest BCUT2D eigenvalue weighted by Crippen LogP contribution is 2.33. The summed E-state index contributed by atoms with van der Waals surface area (Å²) in [6, 6.07) is 11.5. The first kappa shape index (κ1) is 20.4. The molecule has 1 N–H and O–H groups in total. The van der Waals surface area contributed by atoms with Gasteiger partial charge in [0.25, 0.3) is 0 Å². The van der Waals surface area contributed by atoms with Gasteiger partial charge in [-0.15, -0.1) is 0 Å². The number of phenols is 1. The molecule has 0 saturated heterocycles. The third-order valence-electron chi connectivity index (χ3n) is 5.44. The molecule has 0 spiro atoms. The summed E-state index contributed by atoms with van der Waals surface area (Å²) in [5.41, 5.74) is 2.39. The van der Waals surface area contributed by atoms with Crippen molar-refractivity contribution < 1.29 is 23.8 Å². The average Bonchev–Trinajstić information content (AvgIpc) is 2.75. The second-order valence-corrected chi connectivity index (χ2v) is 7.43. The zero-order valence-electron chi connectivity index (χ0n) is 17.1. The first-order valence-electron chi connectivity index (χ1n) is 9.82. The van der Waals surface area contributed by atoms with Crippen LogP contribution in [0.5, 0.6) is 5.75 Å². The number of carbonyl (C=O) groups excluding carboxylic acids is 2. The first-order chi connectivity index (χ1) is 14.8. The lowest BCUT2D eigenvalue weighted by Crippen LogP contribution is -2.32. The van der Waals surface area contributed by atoms with E-state index in [-0.39, 0.29) is 30.3 Å². The summed E-state index contributed by atoms with van der Waals surface area (Å²) in [6.07, 6.45) is 3.49. The maximum atomic E-state index is 12.7. The molecule has 4 rings (SSSR count). The maximum Gasteiger partial charge on any atom is 0.336 e. The summed E-state index contributed by atoms with van der Waals surface area (Å²) in [6.45, 7) is 2.96. The van der Waals surface area contributed by atoms with E-state index in [0.717, 1.165) is 11.1 Å². The molecule has 2 heterocycles. The normalized spacial score (nSPS) is 15.0. The number of aryl methyl sites for hydroxylation is 1. The van der Waals surface area contributed by atoms with Gasteiger partial charge in [0, 0.05) is 35.7 Å². The van der Waals surface area contributed by atoms with Crippen LogP contribution >= 0.6 is 0 Å². The molecule has 31 heavy (non-hydrogen) atoms. The number of esters is 1. The quantitative estimate of drug-likeness (QED) is 0.510. The van der Waals surface area contributed by atoms with Crippen molar-refractivity contribution in [3.63, 3.8) is 0 Å². The van der Waals surface area contributed by atoms with Gasteiger partial charge >= 0.3 is 11.6 Å². The zero-order valence-corrected chi connectivity index (χ0v) is 17.1. The number of aromatic hydroxyl groups is 1. The minimum absolute atomic E-state index is 0.0122. The Morgan fingerprint density at radius 1 is 1.19 bits per heavy atom. The molecule has 1 amide bonds. The molecular formula is C24H21NO6. The van der Waals surface area contributed by atoms with Crippen molar-refractivity contribution in [1.82, 2.24) is 4.90 Å². The summed E-state index contributed by atoms with van der Waals surface area (Å²) in [5, 5.41) is 10.4. The van der Waals surface area contributed by atoms with E-state index in [1.165, 1.54) is 24.0 Å². The summed E-state index contributed by atoms with van der Waals surface area (Å²) >= 11 is 0. The number of benzene rings is 2. The van der Waals surface area contributed by atoms with Crippen LogP contribution in [0, 0.1) is 6.92 Å². The van der Waals surface area contributed by atoms with Gasteiger partial charge in [0.2, 0.25) is 5.91 Å². The highest BCUT2D eigenvalue weighted by Gasteiger charge is 2.28. The Labute approximate surface area is 178 Å². The van der Waals surface area contributed by atoms with Gasteiger partial charge in [0.15, 0.2) is 0 Å². The van der Waals surface area contributed by atoms with Crippen molar-refractivity contribution in [2.45, 2.75) is 32.9 Å². The van der Waals surface area contributed by atoms with Crippen LogP contribution in [0.3, 0.4) is 0 Å². The van der Waals surface area contributed by atoms with Crippen molar-refractivity contribution in [2.24, 2.45) is 0 Å². The lowest BCUT2D eigenvalue weighted by atomic mass is 9.94. The fraction of sp³-hybridized carbons (Fsp3) is 0.208. The average molecular weight is 419 g/mol. The van der Waals surface area contributed by atoms with Gasteiger partial charge in [0.1, 0.15) is 17.9 Å². The molecule has 0 bridgehead atoms. The molecule has 0 aliphatic carbocycles. The number of fused-ring (bicyclic) bond motifs is 2. The fourth-order valence-electron chi connectivity index (χ4n) is 3.82. The van der Waals surface area contributed by atoms with E-state index in [4.69, 9.17) is 9.15 Å². The molecule has 1 aliphatic rings. The minimum Gasteiger partial charge on any atom is -0.508 e. The van der Waals surface area contributed by atoms with Crippen molar-refractivity contribution in [3.05, 3.63) is 81.3 Å². The van der Waals surface area contributed by atoms with Crippen LogP contribution in [0.15, 0.2) is 57.9 Å². The number of amides is 1. The number of rotatable bonds is 4. The van der Waals surface area contributed by atoms with E-state index in [0.29, 0.717) is 16.5 Å². The molecule has 0 unspecified atom stereocenters. The molecule has 0 saturated carbocycles. The summed E-state index contributed by atoms with van der Waals surface area (Å²) in [5.74, 6) is -0.665. The van der Waals surface area contributed by atoms with Gasteiger partial charge in [-0.3, -0.25) is 9.59 Å². The number of nitrogens with zero attached hydrogens (tertiary/aromatic N) is 1. The Bertz CT molecular complexity index is 1270. The molecule has 2 aromatic carbocycles. The van der Waals surface area contributed by atoms with Gasteiger partial charge in [-0.2, -0.15) is 0 Å². The molecule has 158 valence electrons. The largest absolute Gasteiger partial charge is 0.508 e. The Balaban J connectivity index is 1.56. The van der Waals surface area contributed by atoms with Gasteiger partial charge in [-0.1, -0.05) is 24.3 Å². The van der Waals surface area contributed by atoms with Gasteiger partial charge in [-0.25, -0.2) is 4.79 Å². The third-order valence-corrected chi connectivity index (χ3v) is 5.44. The SMILES string of the molecule is CC(=O)N1C=Cc2ccccc2[C@H]1CC(=O)OCc1cc(=O)oc2c(C)c(O)ccc12. The lowest BCUT2D eigenvalue weighted by molar-refractivity contribution is -0.146. The second kappa shape index (κ2) is 8.10. The standard InChI is InChI=1S/C24H21NO6/c1-14-21(27)8-7-19-17(11-23(29)31-24(14)19)13-30-22(28)12-20-18-6-4-3-5-16(18)9-10-25(20)15(2)26/h3-11,20,27H,12-13H2,1-2H3/t20-/m1/s1. The summed E-state index contributed by atoms with van der Waals surface area (Å²) in [4.78, 5) is 38.2. The third kappa shape index (κ3) is 3.94. The number of hydrogen-bond acceptors (Lipinski definition) is 6. The molecule has 0 radical (unpaired) electrons. The zero-order chi connectivity index (χ0) is 22.1. The Morgan fingerprint density at radius 2 is 1.97 bits per heavy atom. The number of phenolic OH excluding ortho intramolecular Hbond substituents is 1. The molecule has 3 aromatic rings. The van der Waals surface area contributed by atoms with E-state index in [2.05, 4.69) is 0 Å². The van der Waals surface area contributed by atoms with Crippen molar-refractivity contribution in [1.29, 1.82) is 0 Å². The van der Waals surface area contributed by atoms with Crippen LogP contribution in [0.25, 0.3) is 17.0 Å². The Kier molecular flexibility index (Phi) is 5.33. The van der Waals surface area contributed by atoms with Crippen LogP contribution in [0.1, 0.15) is 41.6 Å². The highest BCUT2D eigenvalue weighted by atomic mass is 16.5. The summed E-state index contributed by atoms with van der Waals surface area (Å²) in [7, 11) is 0. The van der Waals surface area contributed by atoms with Crippen LogP contribution in [-0.4, -0.2) is 21.9 Å². The molecule has 0 fully saturated rings. The molecule has 7 heteroatoms. The molecule has 1 atom stereocenters. The van der Waals surface area contributed by atoms with Crippen LogP contribution in [0.4, 0.5) is 0 Å². The molecule has 1 aromatic heterocycles. The van der Waals surface area contributed by atoms with E-state index in [9.17, 15) is 19.5 Å². The van der Waals surface area contributed by atoms with Crippen molar-refractivity contribution >= 4 is 28.9 Å². The first-order valence-corrected chi connectivity index (χ1v) is 9.82. The van der Waals surface area contributed by atoms with Gasteiger partial charge in [0.05, 0.1) is 12.5 Å². The fourth-order valence-corrected chi connectivity index (χ4v) is 3.82. The molecule has 1 aliphatic heterocycles. The van der Waals surface area contributed by atoms with E-state index < -0.39 is 17.6 Å². The smallest absolute Gasteiger partial charge is 0.336 e. The minimum atomic E-state index is -0.596. The van der Waals surface area contributed by atoms with Crippen LogP contribution in [0.2, 0.25) is 0 Å². The van der Waals surface area contributed by atoms with Crippen LogP contribution < -0.4 is 5.63 Å². The Hall–Kier alpha value is -3.87. The van der Waals surface area contributed by atoms with E-state index in [1.807, 2.05) is 30.3 Å². The maximum absolute atomic E-state index is 12.7. The number of ether oxygens (including phenoxy) is 1. The van der Waals surface area contributed by atoms with E-state index in [1.54, 1.807) is 19.2 Å². The van der Waals surface area contributed by atoms with Crippen molar-refractivity contribution in [3.8, 4) is 5.75 Å². The lowest BCUT2D eigenvalue weighted by Gasteiger charge is -2.32. The van der Waals surface area contributed by atoms with Gasteiger partial charge in [-0.05, 0) is 36.3 Å². The number of carbonyl (C=O) groups is 2. The second-order valence-electron chi connectivity index (χ2n) is 7.43. The molecular weight excluding hydrogens is 398 g/mol. The highest BCUT2D eigenvalue weighted by molar-refractivity contribution is 5.85. The summed E-state index contributed by atoms with van der Waals surface area (Å²) < 4.78 is 10.7.